The molecule has 3 aromatic rings. The number of unbranched alkanes of at least 4 members (excludes halogenated alkanes) is 1. The summed E-state index contributed by atoms with van der Waals surface area (Å²) < 4.78 is 50.1. The number of esters is 2. The van der Waals surface area contributed by atoms with Gasteiger partial charge in [0.05, 0.1) is 13.2 Å². The molecule has 0 aliphatic rings. The lowest BCUT2D eigenvalue weighted by molar-refractivity contribution is -0.144. The van der Waals surface area contributed by atoms with Gasteiger partial charge in [-0.1, -0.05) is 37.4 Å². The Morgan fingerprint density at radius 1 is 0.676 bits per heavy atom. The largest absolute Gasteiger partial charge is 0.493 e. The first kappa shape index (κ1) is 27.1. The van der Waals surface area contributed by atoms with Crippen molar-refractivity contribution < 1.29 is 37.3 Å². The number of hydrogen-bond donors (Lipinski definition) is 0. The standard InChI is InChI=1S/C29H26F2O6/c1-3-28(32)35-16-6-5-15-34-23-12-14-25(27(31)18-23)21-9-13-24(26(30)17-21)20-7-10-22(11-8-20)36-19-37-29(33)4-2/h3-4,7-14,17-18H,1-2,5-6,15-16,19H2. The van der Waals surface area contributed by atoms with Gasteiger partial charge < -0.3 is 18.9 Å². The van der Waals surface area contributed by atoms with E-state index in [1.54, 1.807) is 42.5 Å². The van der Waals surface area contributed by atoms with Gasteiger partial charge in [0.15, 0.2) is 0 Å². The molecule has 37 heavy (non-hydrogen) atoms. The maximum atomic E-state index is 14.9. The molecule has 0 heterocycles. The maximum Gasteiger partial charge on any atom is 0.333 e. The first-order valence-electron chi connectivity index (χ1n) is 11.4. The molecule has 0 aliphatic heterocycles. The van der Waals surface area contributed by atoms with Crippen molar-refractivity contribution in [1.29, 1.82) is 0 Å². The van der Waals surface area contributed by atoms with Crippen molar-refractivity contribution in [2.24, 2.45) is 0 Å². The zero-order chi connectivity index (χ0) is 26.6. The fraction of sp³-hybridized carbons (Fsp3) is 0.172. The minimum atomic E-state index is -0.599. The molecule has 0 fully saturated rings. The molecule has 3 aromatic carbocycles. The van der Waals surface area contributed by atoms with E-state index in [9.17, 15) is 18.4 Å². The Morgan fingerprint density at radius 2 is 1.24 bits per heavy atom. The van der Waals surface area contributed by atoms with Crippen LogP contribution in [0.5, 0.6) is 11.5 Å². The van der Waals surface area contributed by atoms with Crippen molar-refractivity contribution in [3.8, 4) is 33.8 Å². The van der Waals surface area contributed by atoms with Gasteiger partial charge >= 0.3 is 11.9 Å². The van der Waals surface area contributed by atoms with Gasteiger partial charge in [0, 0.05) is 29.3 Å². The quantitative estimate of drug-likeness (QED) is 0.118. The van der Waals surface area contributed by atoms with E-state index in [0.717, 1.165) is 12.2 Å². The molecule has 8 heteroatoms. The van der Waals surface area contributed by atoms with E-state index in [2.05, 4.69) is 13.2 Å². The fourth-order valence-corrected chi connectivity index (χ4v) is 3.31. The smallest absolute Gasteiger partial charge is 0.333 e. The Labute approximate surface area is 213 Å². The summed E-state index contributed by atoms with van der Waals surface area (Å²) >= 11 is 0. The van der Waals surface area contributed by atoms with Gasteiger partial charge in [0.25, 0.3) is 0 Å². The van der Waals surface area contributed by atoms with E-state index < -0.39 is 23.6 Å². The summed E-state index contributed by atoms with van der Waals surface area (Å²) in [6.07, 6.45) is 3.36. The van der Waals surface area contributed by atoms with E-state index in [0.29, 0.717) is 47.6 Å². The highest BCUT2D eigenvalue weighted by molar-refractivity contribution is 5.81. The first-order valence-corrected chi connectivity index (χ1v) is 11.4. The predicted octanol–water partition coefficient (Wildman–Crippen LogP) is 6.25. The van der Waals surface area contributed by atoms with Crippen LogP contribution in [-0.4, -0.2) is 31.9 Å². The van der Waals surface area contributed by atoms with Crippen molar-refractivity contribution in [3.05, 3.63) is 97.6 Å². The number of benzene rings is 3. The molecule has 0 saturated carbocycles. The van der Waals surface area contributed by atoms with Crippen molar-refractivity contribution in [3.63, 3.8) is 0 Å². The zero-order valence-corrected chi connectivity index (χ0v) is 20.1. The van der Waals surface area contributed by atoms with Crippen LogP contribution in [0.4, 0.5) is 8.78 Å². The fourth-order valence-electron chi connectivity index (χ4n) is 3.31. The lowest BCUT2D eigenvalue weighted by Gasteiger charge is -2.11. The summed E-state index contributed by atoms with van der Waals surface area (Å²) in [7, 11) is 0. The highest BCUT2D eigenvalue weighted by Crippen LogP contribution is 2.31. The minimum Gasteiger partial charge on any atom is -0.493 e. The monoisotopic (exact) mass is 508 g/mol. The van der Waals surface area contributed by atoms with Crippen molar-refractivity contribution >= 4 is 11.9 Å². The van der Waals surface area contributed by atoms with Crippen LogP contribution in [0, 0.1) is 11.6 Å². The molecule has 0 bridgehead atoms. The molecule has 0 aromatic heterocycles. The third-order valence-corrected chi connectivity index (χ3v) is 5.20. The molecular formula is C29H26F2O6. The summed E-state index contributed by atoms with van der Waals surface area (Å²) in [5, 5.41) is 0. The average molecular weight is 509 g/mol. The average Bonchev–Trinajstić information content (AvgIpc) is 2.90. The van der Waals surface area contributed by atoms with Crippen LogP contribution in [0.25, 0.3) is 22.3 Å². The summed E-state index contributed by atoms with van der Waals surface area (Å²) in [5.74, 6) is -1.33. The highest BCUT2D eigenvalue weighted by atomic mass is 19.1. The minimum absolute atomic E-state index is 0.243. The molecule has 0 radical (unpaired) electrons. The van der Waals surface area contributed by atoms with E-state index in [1.165, 1.54) is 18.2 Å². The molecule has 0 saturated heterocycles. The summed E-state index contributed by atoms with van der Waals surface area (Å²) in [6, 6.07) is 15.5. The number of ether oxygens (including phenoxy) is 4. The molecular weight excluding hydrogens is 482 g/mol. The lowest BCUT2D eigenvalue weighted by Crippen LogP contribution is -2.07. The number of carbonyl (C=O) groups excluding carboxylic acids is 2. The van der Waals surface area contributed by atoms with Crippen molar-refractivity contribution in [2.75, 3.05) is 20.0 Å². The van der Waals surface area contributed by atoms with Crippen LogP contribution >= 0.6 is 0 Å². The normalized spacial score (nSPS) is 10.3. The molecule has 0 aliphatic carbocycles. The Balaban J connectivity index is 1.58. The molecule has 0 atom stereocenters. The molecule has 192 valence electrons. The van der Waals surface area contributed by atoms with E-state index in [4.69, 9.17) is 18.9 Å². The van der Waals surface area contributed by atoms with Crippen molar-refractivity contribution in [2.45, 2.75) is 12.8 Å². The predicted molar refractivity (Wildman–Crippen MR) is 135 cm³/mol. The third kappa shape index (κ3) is 8.03. The number of carbonyl (C=O) groups is 2. The molecule has 3 rings (SSSR count). The van der Waals surface area contributed by atoms with Crippen LogP contribution in [0.15, 0.2) is 86.0 Å². The maximum absolute atomic E-state index is 14.9. The topological polar surface area (TPSA) is 71.1 Å². The van der Waals surface area contributed by atoms with Gasteiger partial charge in [-0.2, -0.15) is 0 Å². The molecule has 0 unspecified atom stereocenters. The van der Waals surface area contributed by atoms with Gasteiger partial charge in [-0.25, -0.2) is 18.4 Å². The SMILES string of the molecule is C=CC(=O)OCCCCOc1ccc(-c2ccc(-c3ccc(OCOC(=O)C=C)cc3)c(F)c2)c(F)c1. The summed E-state index contributed by atoms with van der Waals surface area (Å²) in [6.45, 7) is 6.93. The number of halogens is 2. The molecule has 0 spiro atoms. The second-order valence-electron chi connectivity index (χ2n) is 7.72. The second kappa shape index (κ2) is 13.6. The Hall–Kier alpha value is -4.46. The van der Waals surface area contributed by atoms with Gasteiger partial charge in [-0.15, -0.1) is 0 Å². The van der Waals surface area contributed by atoms with E-state index in [-0.39, 0.29) is 19.0 Å². The lowest BCUT2D eigenvalue weighted by atomic mass is 9.99. The number of hydrogen-bond acceptors (Lipinski definition) is 6. The third-order valence-electron chi connectivity index (χ3n) is 5.20. The molecule has 0 amide bonds. The van der Waals surface area contributed by atoms with Gasteiger partial charge in [-0.05, 0) is 54.3 Å². The van der Waals surface area contributed by atoms with Gasteiger partial charge in [0.2, 0.25) is 6.79 Å². The second-order valence-corrected chi connectivity index (χ2v) is 7.72. The Kier molecular flexibility index (Phi) is 9.96. The van der Waals surface area contributed by atoms with Crippen LogP contribution in [-0.2, 0) is 19.1 Å². The Bertz CT molecular complexity index is 1250. The van der Waals surface area contributed by atoms with Crippen LogP contribution < -0.4 is 9.47 Å². The highest BCUT2D eigenvalue weighted by Gasteiger charge is 2.12. The summed E-state index contributed by atoms with van der Waals surface area (Å²) in [5.41, 5.74) is 1.57. The van der Waals surface area contributed by atoms with Crippen LogP contribution in [0.1, 0.15) is 12.8 Å². The first-order chi connectivity index (χ1) is 17.9. The van der Waals surface area contributed by atoms with Crippen LogP contribution in [0.2, 0.25) is 0 Å². The Morgan fingerprint density at radius 3 is 1.92 bits per heavy atom. The molecule has 0 N–H and O–H groups in total. The number of rotatable bonds is 13. The van der Waals surface area contributed by atoms with Crippen LogP contribution in [0.3, 0.4) is 0 Å². The zero-order valence-electron chi connectivity index (χ0n) is 20.1. The van der Waals surface area contributed by atoms with Gasteiger partial charge in [-0.3, -0.25) is 0 Å². The van der Waals surface area contributed by atoms with E-state index >= 15 is 0 Å². The van der Waals surface area contributed by atoms with Crippen molar-refractivity contribution in [1.82, 2.24) is 0 Å². The van der Waals surface area contributed by atoms with E-state index in [1.807, 2.05) is 0 Å². The molecule has 6 nitrogen and oxygen atoms in total. The van der Waals surface area contributed by atoms with Gasteiger partial charge in [0.1, 0.15) is 23.1 Å². The summed E-state index contributed by atoms with van der Waals surface area (Å²) in [4.78, 5) is 22.0.